The largest absolute Gasteiger partial charge is 0.393 e. The van der Waals surface area contributed by atoms with Crippen molar-refractivity contribution in [2.75, 3.05) is 6.54 Å². The number of aliphatic hydroxyl groups excluding tert-OH is 1. The van der Waals surface area contributed by atoms with E-state index in [0.29, 0.717) is 25.8 Å². The fourth-order valence-electron chi connectivity index (χ4n) is 3.75. The molecular formula is C25H27N3O2. The molecule has 4 rings (SSSR count). The van der Waals surface area contributed by atoms with Crippen LogP contribution in [0.1, 0.15) is 31.2 Å². The Labute approximate surface area is 176 Å². The molecule has 0 unspecified atom stereocenters. The molecule has 0 radical (unpaired) electrons. The van der Waals surface area contributed by atoms with Crippen molar-refractivity contribution < 1.29 is 9.90 Å². The Morgan fingerprint density at radius 2 is 1.83 bits per heavy atom. The first-order chi connectivity index (χ1) is 14.6. The van der Waals surface area contributed by atoms with Gasteiger partial charge in [0.1, 0.15) is 5.82 Å². The molecule has 5 heteroatoms. The van der Waals surface area contributed by atoms with E-state index in [0.717, 1.165) is 23.4 Å². The number of hydrogen-bond donors (Lipinski definition) is 2. The van der Waals surface area contributed by atoms with Gasteiger partial charge in [-0.15, -0.1) is 0 Å². The molecule has 30 heavy (non-hydrogen) atoms. The van der Waals surface area contributed by atoms with E-state index < -0.39 is 6.10 Å². The van der Waals surface area contributed by atoms with Crippen molar-refractivity contribution in [3.63, 3.8) is 0 Å². The van der Waals surface area contributed by atoms with Crippen molar-refractivity contribution in [2.24, 2.45) is 0 Å². The van der Waals surface area contributed by atoms with Crippen LogP contribution in [0.2, 0.25) is 0 Å². The fourth-order valence-corrected chi connectivity index (χ4v) is 3.75. The Morgan fingerprint density at radius 3 is 2.67 bits per heavy atom. The minimum Gasteiger partial charge on any atom is -0.393 e. The second kappa shape index (κ2) is 9.09. The molecule has 0 bridgehead atoms. The van der Waals surface area contributed by atoms with Gasteiger partial charge < -0.3 is 15.0 Å². The molecule has 0 fully saturated rings. The van der Waals surface area contributed by atoms with Gasteiger partial charge in [0.15, 0.2) is 0 Å². The van der Waals surface area contributed by atoms with E-state index in [9.17, 15) is 9.90 Å². The van der Waals surface area contributed by atoms with Gasteiger partial charge in [0, 0.05) is 25.9 Å². The number of nitrogens with one attached hydrogen (secondary N) is 1. The van der Waals surface area contributed by atoms with Crippen LogP contribution in [0.25, 0.3) is 21.8 Å². The Balaban J connectivity index is 1.53. The predicted octanol–water partition coefficient (Wildman–Crippen LogP) is 4.06. The quantitative estimate of drug-likeness (QED) is 0.468. The lowest BCUT2D eigenvalue weighted by Crippen LogP contribution is -2.27. The molecule has 0 aliphatic rings. The van der Waals surface area contributed by atoms with Crippen LogP contribution in [0.5, 0.6) is 0 Å². The van der Waals surface area contributed by atoms with Gasteiger partial charge in [-0.1, -0.05) is 48.5 Å². The van der Waals surface area contributed by atoms with Gasteiger partial charge in [0.05, 0.1) is 17.1 Å². The Kier molecular flexibility index (Phi) is 6.10. The van der Waals surface area contributed by atoms with Crippen molar-refractivity contribution in [1.82, 2.24) is 14.9 Å². The summed E-state index contributed by atoms with van der Waals surface area (Å²) in [5.41, 5.74) is 3.29. The van der Waals surface area contributed by atoms with Crippen LogP contribution < -0.4 is 5.32 Å². The summed E-state index contributed by atoms with van der Waals surface area (Å²) in [6, 6.07) is 23.1. The number of fused-ring (bicyclic) bond motifs is 2. The predicted molar refractivity (Wildman–Crippen MR) is 120 cm³/mol. The molecule has 1 atom stereocenters. The van der Waals surface area contributed by atoms with Gasteiger partial charge in [0.25, 0.3) is 0 Å². The van der Waals surface area contributed by atoms with Crippen LogP contribution in [0.15, 0.2) is 66.7 Å². The van der Waals surface area contributed by atoms with E-state index in [2.05, 4.69) is 58.4 Å². The third kappa shape index (κ3) is 4.69. The Hall–Kier alpha value is -3.18. The van der Waals surface area contributed by atoms with Crippen LogP contribution in [0.3, 0.4) is 0 Å². The van der Waals surface area contributed by atoms with Crippen molar-refractivity contribution in [1.29, 1.82) is 0 Å². The summed E-state index contributed by atoms with van der Waals surface area (Å²) >= 11 is 0. The molecule has 2 N–H and O–H groups in total. The average molecular weight is 402 g/mol. The van der Waals surface area contributed by atoms with E-state index >= 15 is 0 Å². The highest BCUT2D eigenvalue weighted by atomic mass is 16.3. The van der Waals surface area contributed by atoms with Crippen molar-refractivity contribution in [2.45, 2.75) is 38.8 Å². The maximum absolute atomic E-state index is 12.0. The molecule has 1 amide bonds. The number of amides is 1. The van der Waals surface area contributed by atoms with Crippen molar-refractivity contribution in [3.05, 3.63) is 78.1 Å². The molecule has 0 aliphatic carbocycles. The first kappa shape index (κ1) is 20.1. The highest BCUT2D eigenvalue weighted by Crippen LogP contribution is 2.21. The summed E-state index contributed by atoms with van der Waals surface area (Å²) in [7, 11) is 0. The zero-order chi connectivity index (χ0) is 20.9. The topological polar surface area (TPSA) is 67.2 Å². The Bertz CT molecular complexity index is 1160. The van der Waals surface area contributed by atoms with E-state index in [-0.39, 0.29) is 5.91 Å². The number of carbonyl (C=O) groups excluding carboxylic acids is 1. The normalized spacial score (nSPS) is 12.3. The average Bonchev–Trinajstić information content (AvgIpc) is 3.09. The van der Waals surface area contributed by atoms with Gasteiger partial charge >= 0.3 is 0 Å². The highest BCUT2D eigenvalue weighted by Gasteiger charge is 2.12. The van der Waals surface area contributed by atoms with Crippen molar-refractivity contribution >= 4 is 27.7 Å². The molecule has 0 spiro atoms. The molecule has 1 aromatic heterocycles. The number of rotatable bonds is 8. The summed E-state index contributed by atoms with van der Waals surface area (Å²) in [5, 5.41) is 14.7. The van der Waals surface area contributed by atoms with Crippen LogP contribution in [-0.2, 0) is 17.8 Å². The minimum absolute atomic E-state index is 0.0342. The number of aromatic nitrogens is 2. The molecule has 0 aliphatic heterocycles. The summed E-state index contributed by atoms with van der Waals surface area (Å²) in [6.07, 6.45) is 1.02. The van der Waals surface area contributed by atoms with Gasteiger partial charge in [-0.05, 0) is 47.9 Å². The SMILES string of the molecule is C[C@@H](O)CCC(=O)NCCc1nc2ccccc2n1Cc1ccc2ccccc2c1. The molecule has 0 saturated carbocycles. The van der Waals surface area contributed by atoms with Gasteiger partial charge in [-0.25, -0.2) is 4.98 Å². The number of para-hydroxylation sites is 2. The summed E-state index contributed by atoms with van der Waals surface area (Å²) in [6.45, 7) is 2.96. The van der Waals surface area contributed by atoms with E-state index in [4.69, 9.17) is 4.98 Å². The lowest BCUT2D eigenvalue weighted by Gasteiger charge is -2.11. The second-order valence-corrected chi connectivity index (χ2v) is 7.77. The molecule has 0 saturated heterocycles. The molecule has 1 heterocycles. The third-order valence-electron chi connectivity index (χ3n) is 5.35. The van der Waals surface area contributed by atoms with Crippen LogP contribution in [-0.4, -0.2) is 33.2 Å². The van der Waals surface area contributed by atoms with Crippen LogP contribution >= 0.6 is 0 Å². The molecule has 154 valence electrons. The smallest absolute Gasteiger partial charge is 0.220 e. The van der Waals surface area contributed by atoms with Gasteiger partial charge in [-0.3, -0.25) is 4.79 Å². The molecule has 4 aromatic rings. The first-order valence-electron chi connectivity index (χ1n) is 10.5. The number of aliphatic hydroxyl groups is 1. The van der Waals surface area contributed by atoms with Gasteiger partial charge in [0.2, 0.25) is 5.91 Å². The van der Waals surface area contributed by atoms with Crippen LogP contribution in [0.4, 0.5) is 0 Å². The maximum atomic E-state index is 12.0. The monoisotopic (exact) mass is 401 g/mol. The second-order valence-electron chi connectivity index (χ2n) is 7.77. The molecular weight excluding hydrogens is 374 g/mol. The number of benzene rings is 3. The zero-order valence-electron chi connectivity index (χ0n) is 17.2. The number of nitrogens with zero attached hydrogens (tertiary/aromatic N) is 2. The lowest BCUT2D eigenvalue weighted by molar-refractivity contribution is -0.121. The molecule has 5 nitrogen and oxygen atoms in total. The van der Waals surface area contributed by atoms with Gasteiger partial charge in [-0.2, -0.15) is 0 Å². The molecule has 3 aromatic carbocycles. The van der Waals surface area contributed by atoms with E-state index in [1.807, 2.05) is 18.2 Å². The summed E-state index contributed by atoms with van der Waals surface area (Å²) in [5.74, 6) is 0.924. The Morgan fingerprint density at radius 1 is 1.07 bits per heavy atom. The lowest BCUT2D eigenvalue weighted by atomic mass is 10.1. The van der Waals surface area contributed by atoms with Crippen molar-refractivity contribution in [3.8, 4) is 0 Å². The number of hydrogen-bond acceptors (Lipinski definition) is 3. The number of carbonyl (C=O) groups is 1. The summed E-state index contributed by atoms with van der Waals surface area (Å²) < 4.78 is 2.24. The maximum Gasteiger partial charge on any atom is 0.220 e. The summed E-state index contributed by atoms with van der Waals surface area (Å²) in [4.78, 5) is 16.8. The fraction of sp³-hybridized carbons (Fsp3) is 0.280. The first-order valence-corrected chi connectivity index (χ1v) is 10.5. The zero-order valence-corrected chi connectivity index (χ0v) is 17.2. The standard InChI is InChI=1S/C25H27N3O2/c1-18(29)10-13-25(30)26-15-14-24-27-22-8-4-5-9-23(22)28(24)17-19-11-12-20-6-2-3-7-21(20)16-19/h2-9,11-12,16,18,29H,10,13-15,17H2,1H3,(H,26,30)/t18-/m1/s1. The van der Waals surface area contributed by atoms with E-state index in [1.54, 1.807) is 6.92 Å². The highest BCUT2D eigenvalue weighted by molar-refractivity contribution is 5.83. The number of imidazole rings is 1. The minimum atomic E-state index is -0.457. The van der Waals surface area contributed by atoms with E-state index in [1.165, 1.54) is 16.3 Å². The van der Waals surface area contributed by atoms with Crippen LogP contribution in [0, 0.1) is 0 Å². The third-order valence-corrected chi connectivity index (χ3v) is 5.35.